The Labute approximate surface area is 222 Å². The summed E-state index contributed by atoms with van der Waals surface area (Å²) in [5.74, 6) is -0.798. The summed E-state index contributed by atoms with van der Waals surface area (Å²) in [6, 6.07) is 6.85. The molecule has 1 aromatic heterocycles. The Kier molecular flexibility index (Phi) is 10.6. The number of carbonyl (C=O) groups excluding carboxylic acids is 3. The quantitative estimate of drug-likeness (QED) is 0.287. The first kappa shape index (κ1) is 28.3. The molecule has 1 saturated carbocycles. The van der Waals surface area contributed by atoms with Gasteiger partial charge in [0.2, 0.25) is 11.8 Å². The Morgan fingerprint density at radius 1 is 1.19 bits per heavy atom. The lowest BCUT2D eigenvalue weighted by atomic mass is 9.83. The number of aryl methyl sites for hydroxylation is 1. The largest absolute Gasteiger partial charge is 0.350 e. The predicted octanol–water partition coefficient (Wildman–Crippen LogP) is 3.95. The number of hydrogen-bond donors (Lipinski definition) is 3. The van der Waals surface area contributed by atoms with E-state index in [9.17, 15) is 14.4 Å². The molecule has 1 aliphatic rings. The molecular formula is C28H37N5O3S. The van der Waals surface area contributed by atoms with E-state index in [1.54, 1.807) is 17.4 Å². The first-order valence-electron chi connectivity index (χ1n) is 13.2. The highest BCUT2D eigenvalue weighted by atomic mass is 32.1. The number of thiazole rings is 1. The van der Waals surface area contributed by atoms with Crippen LogP contribution < -0.4 is 16.0 Å². The Morgan fingerprint density at radius 3 is 2.62 bits per heavy atom. The van der Waals surface area contributed by atoms with Crippen LogP contribution in [0.25, 0.3) is 10.2 Å². The third kappa shape index (κ3) is 8.12. The van der Waals surface area contributed by atoms with Gasteiger partial charge in [0.1, 0.15) is 17.7 Å². The number of rotatable bonds is 12. The van der Waals surface area contributed by atoms with E-state index in [0.29, 0.717) is 12.8 Å². The molecule has 0 saturated heterocycles. The zero-order valence-corrected chi connectivity index (χ0v) is 22.6. The summed E-state index contributed by atoms with van der Waals surface area (Å²) in [6.07, 6.45) is 7.43. The molecule has 1 aromatic carbocycles. The molecule has 0 spiro atoms. The second-order valence-electron chi connectivity index (χ2n) is 9.65. The lowest BCUT2D eigenvalue weighted by molar-refractivity contribution is -0.129. The smallest absolute Gasteiger partial charge is 0.261 e. The van der Waals surface area contributed by atoms with Crippen LogP contribution in [0, 0.1) is 17.2 Å². The van der Waals surface area contributed by atoms with E-state index < -0.39 is 11.9 Å². The number of nitrogens with one attached hydrogen (secondary N) is 3. The molecule has 8 nitrogen and oxygen atoms in total. The van der Waals surface area contributed by atoms with Gasteiger partial charge in [-0.05, 0) is 49.3 Å². The number of nitriles is 1. The number of benzene rings is 1. The van der Waals surface area contributed by atoms with E-state index in [1.165, 1.54) is 5.56 Å². The molecule has 1 heterocycles. The first-order valence-corrected chi connectivity index (χ1v) is 14.0. The molecule has 2 atom stereocenters. The van der Waals surface area contributed by atoms with E-state index >= 15 is 0 Å². The summed E-state index contributed by atoms with van der Waals surface area (Å²) in [5, 5.41) is 18.5. The molecule has 1 fully saturated rings. The van der Waals surface area contributed by atoms with Crippen molar-refractivity contribution in [3.05, 3.63) is 40.9 Å². The van der Waals surface area contributed by atoms with Gasteiger partial charge in [0, 0.05) is 25.4 Å². The van der Waals surface area contributed by atoms with Crippen molar-refractivity contribution in [2.24, 2.45) is 5.92 Å². The van der Waals surface area contributed by atoms with Crippen molar-refractivity contribution in [1.29, 1.82) is 5.26 Å². The highest BCUT2D eigenvalue weighted by Gasteiger charge is 2.30. The van der Waals surface area contributed by atoms with E-state index in [4.69, 9.17) is 10.2 Å². The molecule has 0 bridgehead atoms. The van der Waals surface area contributed by atoms with Gasteiger partial charge in [-0.2, -0.15) is 5.26 Å². The van der Waals surface area contributed by atoms with Crippen LogP contribution in [0.1, 0.15) is 69.4 Å². The SMILES string of the molecule is C=C(C#N)C(=O)NCC(NC(=O)[C@H](Cc1nc2ccc(CC)cc2s1)NC(=O)CCC)C1CCCCC1. The molecule has 0 aliphatic heterocycles. The zero-order chi connectivity index (χ0) is 26.8. The Hall–Kier alpha value is -3.25. The van der Waals surface area contributed by atoms with Gasteiger partial charge in [0.25, 0.3) is 5.91 Å². The van der Waals surface area contributed by atoms with Crippen LogP contribution in [0.15, 0.2) is 30.4 Å². The van der Waals surface area contributed by atoms with Crippen molar-refractivity contribution in [2.45, 2.75) is 83.7 Å². The molecule has 9 heteroatoms. The number of amides is 3. The van der Waals surface area contributed by atoms with Gasteiger partial charge in [-0.1, -0.05) is 45.8 Å². The molecule has 0 radical (unpaired) electrons. The summed E-state index contributed by atoms with van der Waals surface area (Å²) in [6.45, 7) is 7.69. The first-order chi connectivity index (χ1) is 17.8. The fourth-order valence-corrected chi connectivity index (χ4v) is 5.79. The average Bonchev–Trinajstić information content (AvgIpc) is 3.31. The minimum Gasteiger partial charge on any atom is -0.350 e. The van der Waals surface area contributed by atoms with Crippen LogP contribution >= 0.6 is 11.3 Å². The molecule has 198 valence electrons. The van der Waals surface area contributed by atoms with Crippen LogP contribution in [0.2, 0.25) is 0 Å². The van der Waals surface area contributed by atoms with Crippen LogP contribution in [0.4, 0.5) is 0 Å². The van der Waals surface area contributed by atoms with Crippen LogP contribution in [0.3, 0.4) is 0 Å². The van der Waals surface area contributed by atoms with Crippen molar-refractivity contribution >= 4 is 39.3 Å². The van der Waals surface area contributed by atoms with Gasteiger partial charge in [-0.15, -0.1) is 11.3 Å². The maximum absolute atomic E-state index is 13.6. The molecule has 3 rings (SSSR count). The summed E-state index contributed by atoms with van der Waals surface area (Å²) in [4.78, 5) is 42.9. The van der Waals surface area contributed by atoms with Crippen molar-refractivity contribution in [2.75, 3.05) is 6.54 Å². The second-order valence-corrected chi connectivity index (χ2v) is 10.8. The maximum Gasteiger partial charge on any atom is 0.261 e. The van der Waals surface area contributed by atoms with Crippen molar-refractivity contribution in [3.63, 3.8) is 0 Å². The second kappa shape index (κ2) is 13.9. The summed E-state index contributed by atoms with van der Waals surface area (Å²) in [5.41, 5.74) is 1.95. The van der Waals surface area contributed by atoms with Gasteiger partial charge >= 0.3 is 0 Å². The highest BCUT2D eigenvalue weighted by molar-refractivity contribution is 7.18. The maximum atomic E-state index is 13.6. The summed E-state index contributed by atoms with van der Waals surface area (Å²) < 4.78 is 1.06. The topological polar surface area (TPSA) is 124 Å². The standard InChI is InChI=1S/C28H37N5O3S/c1-4-9-25(34)31-22(15-26-32-21-13-12-19(5-2)14-24(21)37-26)28(36)33-23(20-10-7-6-8-11-20)17-30-27(35)18(3)16-29/h12-14,20,22-23H,3-11,15,17H2,1-2H3,(H,30,35)(H,31,34)(H,33,36)/t22-,23?/m0/s1. The number of carbonyl (C=O) groups is 3. The van der Waals surface area contributed by atoms with Crippen LogP contribution in [-0.2, 0) is 27.2 Å². The predicted molar refractivity (Wildman–Crippen MR) is 146 cm³/mol. The van der Waals surface area contributed by atoms with Crippen molar-refractivity contribution in [3.8, 4) is 6.07 Å². The highest BCUT2D eigenvalue weighted by Crippen LogP contribution is 2.27. The third-order valence-corrected chi connectivity index (χ3v) is 7.89. The Bertz CT molecular complexity index is 1160. The van der Waals surface area contributed by atoms with Gasteiger partial charge in [0.05, 0.1) is 15.2 Å². The molecule has 3 N–H and O–H groups in total. The lowest BCUT2D eigenvalue weighted by Crippen LogP contribution is -2.55. The van der Waals surface area contributed by atoms with Crippen LogP contribution in [0.5, 0.6) is 0 Å². The van der Waals surface area contributed by atoms with Gasteiger partial charge < -0.3 is 16.0 Å². The number of fused-ring (bicyclic) bond motifs is 1. The molecule has 2 aromatic rings. The van der Waals surface area contributed by atoms with Crippen molar-refractivity contribution in [1.82, 2.24) is 20.9 Å². The van der Waals surface area contributed by atoms with E-state index in [2.05, 4.69) is 41.6 Å². The fraction of sp³-hybridized carbons (Fsp3) is 0.536. The molecule has 37 heavy (non-hydrogen) atoms. The van der Waals surface area contributed by atoms with Crippen molar-refractivity contribution < 1.29 is 14.4 Å². The molecular weight excluding hydrogens is 486 g/mol. The van der Waals surface area contributed by atoms with E-state index in [-0.39, 0.29) is 42.3 Å². The minimum atomic E-state index is -0.777. The van der Waals surface area contributed by atoms with Crippen LogP contribution in [-0.4, -0.2) is 41.3 Å². The van der Waals surface area contributed by atoms with E-state index in [0.717, 1.165) is 53.7 Å². The Morgan fingerprint density at radius 2 is 1.95 bits per heavy atom. The summed E-state index contributed by atoms with van der Waals surface area (Å²) >= 11 is 1.54. The minimum absolute atomic E-state index is 0.166. The van der Waals surface area contributed by atoms with Gasteiger partial charge in [-0.3, -0.25) is 14.4 Å². The number of hydrogen-bond acceptors (Lipinski definition) is 6. The zero-order valence-electron chi connectivity index (χ0n) is 21.8. The average molecular weight is 524 g/mol. The monoisotopic (exact) mass is 523 g/mol. The lowest BCUT2D eigenvalue weighted by Gasteiger charge is -2.32. The van der Waals surface area contributed by atoms with E-state index in [1.807, 2.05) is 13.0 Å². The molecule has 3 amide bonds. The third-order valence-electron chi connectivity index (χ3n) is 6.85. The Balaban J connectivity index is 1.78. The van der Waals surface area contributed by atoms with Gasteiger partial charge in [-0.25, -0.2) is 4.98 Å². The summed E-state index contributed by atoms with van der Waals surface area (Å²) in [7, 11) is 0. The number of aromatic nitrogens is 1. The normalized spacial score (nSPS) is 15.4. The number of nitrogens with zero attached hydrogens (tertiary/aromatic N) is 2. The molecule has 1 aliphatic carbocycles. The molecule has 1 unspecified atom stereocenters. The fourth-order valence-electron chi connectivity index (χ4n) is 4.72. The van der Waals surface area contributed by atoms with Gasteiger partial charge in [0.15, 0.2) is 0 Å².